The number of hydrogen-bond donors (Lipinski definition) is 1. The number of piperidine rings is 1. The van der Waals surface area contributed by atoms with Crippen LogP contribution >= 0.6 is 15.9 Å². The van der Waals surface area contributed by atoms with E-state index in [2.05, 4.69) is 37.7 Å². The minimum atomic E-state index is -0.230. The maximum Gasteiger partial charge on any atom is 0.222 e. The molecule has 1 aromatic heterocycles. The Morgan fingerprint density at radius 2 is 2.35 bits per heavy atom. The van der Waals surface area contributed by atoms with E-state index < -0.39 is 0 Å². The molecule has 1 aromatic rings. The van der Waals surface area contributed by atoms with E-state index in [0.717, 1.165) is 23.1 Å². The molecule has 1 fully saturated rings. The fourth-order valence-corrected chi connectivity index (χ4v) is 2.60. The molecule has 6 heteroatoms. The Hall–Kier alpha value is -1.17. The number of carbonyl (C=O) groups is 1. The number of halogens is 1. The molecule has 2 rings (SSSR count). The second-order valence-corrected chi connectivity index (χ2v) is 5.23. The number of aromatic nitrogens is 2. The fraction of sp³-hybridized carbons (Fsp3) is 0.545. The predicted octanol–water partition coefficient (Wildman–Crippen LogP) is 1.33. The van der Waals surface area contributed by atoms with Gasteiger partial charge < -0.3 is 10.6 Å². The van der Waals surface area contributed by atoms with Gasteiger partial charge in [-0.25, -0.2) is 9.97 Å². The van der Waals surface area contributed by atoms with Gasteiger partial charge in [0.15, 0.2) is 0 Å². The minimum absolute atomic E-state index is 0.0898. The van der Waals surface area contributed by atoms with Gasteiger partial charge in [0, 0.05) is 18.8 Å². The molecule has 17 heavy (non-hydrogen) atoms. The summed E-state index contributed by atoms with van der Waals surface area (Å²) in [5.74, 6) is 0.513. The summed E-state index contributed by atoms with van der Waals surface area (Å²) < 4.78 is 0.844. The quantitative estimate of drug-likeness (QED) is 0.894. The highest BCUT2D eigenvalue weighted by Gasteiger charge is 2.30. The zero-order chi connectivity index (χ0) is 12.4. The average Bonchev–Trinajstić information content (AvgIpc) is 2.30. The van der Waals surface area contributed by atoms with Crippen molar-refractivity contribution in [2.75, 3.05) is 11.4 Å². The normalized spacial score (nSPS) is 24.7. The van der Waals surface area contributed by atoms with Crippen molar-refractivity contribution in [1.29, 1.82) is 0 Å². The van der Waals surface area contributed by atoms with Gasteiger partial charge in [-0.05, 0) is 35.7 Å². The van der Waals surface area contributed by atoms with Gasteiger partial charge in [-0.2, -0.15) is 0 Å². The van der Waals surface area contributed by atoms with Crippen molar-refractivity contribution in [3.63, 3.8) is 0 Å². The monoisotopic (exact) mass is 298 g/mol. The summed E-state index contributed by atoms with van der Waals surface area (Å²) in [4.78, 5) is 21.6. The zero-order valence-electron chi connectivity index (χ0n) is 9.64. The molecule has 0 spiro atoms. The topological polar surface area (TPSA) is 72.1 Å². The molecule has 2 heterocycles. The number of hydrogen-bond acceptors (Lipinski definition) is 4. The van der Waals surface area contributed by atoms with Crippen molar-refractivity contribution in [2.45, 2.75) is 25.8 Å². The standard InChI is InChI=1S/C11H15BrN4O/c1-7-2-3-8(10(13)17)5-16(7)11-9(12)4-14-6-15-11/h4,6-8H,2-3,5H2,1H3,(H2,13,17). The summed E-state index contributed by atoms with van der Waals surface area (Å²) in [6.45, 7) is 2.76. The van der Waals surface area contributed by atoms with Crippen LogP contribution in [-0.4, -0.2) is 28.5 Å². The van der Waals surface area contributed by atoms with E-state index in [1.807, 2.05) is 0 Å². The summed E-state index contributed by atoms with van der Waals surface area (Å²) in [6, 6.07) is 0.358. The Kier molecular flexibility index (Phi) is 3.61. The van der Waals surface area contributed by atoms with E-state index in [4.69, 9.17) is 5.73 Å². The number of nitrogens with two attached hydrogens (primary N) is 1. The molecule has 2 N–H and O–H groups in total. The minimum Gasteiger partial charge on any atom is -0.369 e. The van der Waals surface area contributed by atoms with Crippen LogP contribution in [0, 0.1) is 5.92 Å². The van der Waals surface area contributed by atoms with Crippen molar-refractivity contribution in [3.05, 3.63) is 17.0 Å². The van der Waals surface area contributed by atoms with E-state index in [-0.39, 0.29) is 11.8 Å². The van der Waals surface area contributed by atoms with Gasteiger partial charge in [0.2, 0.25) is 5.91 Å². The third kappa shape index (κ3) is 2.57. The van der Waals surface area contributed by atoms with Crippen molar-refractivity contribution < 1.29 is 4.79 Å². The van der Waals surface area contributed by atoms with Crippen LogP contribution in [0.15, 0.2) is 17.0 Å². The lowest BCUT2D eigenvalue weighted by Gasteiger charge is -2.38. The van der Waals surface area contributed by atoms with Crippen molar-refractivity contribution >= 4 is 27.7 Å². The zero-order valence-corrected chi connectivity index (χ0v) is 11.2. The lowest BCUT2D eigenvalue weighted by Crippen LogP contribution is -2.46. The van der Waals surface area contributed by atoms with Crippen molar-refractivity contribution in [2.24, 2.45) is 11.7 Å². The Labute approximate surface area is 109 Å². The number of amides is 1. The van der Waals surface area contributed by atoms with Gasteiger partial charge in [0.1, 0.15) is 12.1 Å². The molecule has 92 valence electrons. The highest BCUT2D eigenvalue weighted by atomic mass is 79.9. The van der Waals surface area contributed by atoms with Crippen molar-refractivity contribution in [3.8, 4) is 0 Å². The molecule has 0 aliphatic carbocycles. The molecule has 2 unspecified atom stereocenters. The molecule has 0 radical (unpaired) electrons. The third-order valence-corrected chi connectivity index (χ3v) is 3.76. The molecule has 0 saturated carbocycles. The Morgan fingerprint density at radius 1 is 1.59 bits per heavy atom. The first-order valence-corrected chi connectivity index (χ1v) is 6.40. The van der Waals surface area contributed by atoms with E-state index >= 15 is 0 Å². The van der Waals surface area contributed by atoms with Crippen LogP contribution in [0.3, 0.4) is 0 Å². The van der Waals surface area contributed by atoms with Gasteiger partial charge in [-0.3, -0.25) is 4.79 Å². The van der Waals surface area contributed by atoms with Gasteiger partial charge in [-0.15, -0.1) is 0 Å². The van der Waals surface area contributed by atoms with Gasteiger partial charge in [0.25, 0.3) is 0 Å². The summed E-state index contributed by atoms with van der Waals surface area (Å²) in [5.41, 5.74) is 5.38. The molecular weight excluding hydrogens is 284 g/mol. The first-order chi connectivity index (χ1) is 8.09. The molecule has 1 aliphatic heterocycles. The predicted molar refractivity (Wildman–Crippen MR) is 68.5 cm³/mol. The first-order valence-electron chi connectivity index (χ1n) is 5.61. The summed E-state index contributed by atoms with van der Waals surface area (Å²) in [5, 5.41) is 0. The van der Waals surface area contributed by atoms with E-state index in [1.165, 1.54) is 6.33 Å². The van der Waals surface area contributed by atoms with Crippen molar-refractivity contribution in [1.82, 2.24) is 9.97 Å². The molecular formula is C11H15BrN4O. The molecule has 1 aliphatic rings. The Balaban J connectivity index is 2.24. The second kappa shape index (κ2) is 5.00. The largest absolute Gasteiger partial charge is 0.369 e. The number of carbonyl (C=O) groups excluding carboxylic acids is 1. The maximum absolute atomic E-state index is 11.3. The van der Waals surface area contributed by atoms with Gasteiger partial charge >= 0.3 is 0 Å². The van der Waals surface area contributed by atoms with Crippen LogP contribution in [0.5, 0.6) is 0 Å². The smallest absolute Gasteiger partial charge is 0.222 e. The third-order valence-electron chi connectivity index (χ3n) is 3.20. The number of rotatable bonds is 2. The highest BCUT2D eigenvalue weighted by Crippen LogP contribution is 2.30. The number of anilines is 1. The summed E-state index contributed by atoms with van der Waals surface area (Å²) >= 11 is 3.43. The van der Waals surface area contributed by atoms with E-state index in [9.17, 15) is 4.79 Å². The van der Waals surface area contributed by atoms with Crippen LogP contribution in [-0.2, 0) is 4.79 Å². The number of primary amides is 1. The lowest BCUT2D eigenvalue weighted by atomic mass is 9.93. The molecule has 1 amide bonds. The molecule has 0 aromatic carbocycles. The Bertz CT molecular complexity index is 426. The summed E-state index contributed by atoms with van der Waals surface area (Å²) in [7, 11) is 0. The highest BCUT2D eigenvalue weighted by molar-refractivity contribution is 9.10. The molecule has 0 bridgehead atoms. The number of nitrogens with zero attached hydrogens (tertiary/aromatic N) is 3. The second-order valence-electron chi connectivity index (χ2n) is 4.37. The van der Waals surface area contributed by atoms with Crippen LogP contribution in [0.25, 0.3) is 0 Å². The molecule has 2 atom stereocenters. The van der Waals surface area contributed by atoms with Gasteiger partial charge in [-0.1, -0.05) is 0 Å². The van der Waals surface area contributed by atoms with Crippen LogP contribution in [0.2, 0.25) is 0 Å². The Morgan fingerprint density at radius 3 is 3.00 bits per heavy atom. The maximum atomic E-state index is 11.3. The van der Waals surface area contributed by atoms with Gasteiger partial charge in [0.05, 0.1) is 10.4 Å². The van der Waals surface area contributed by atoms with Crippen LogP contribution < -0.4 is 10.6 Å². The fourth-order valence-electron chi connectivity index (χ4n) is 2.15. The van der Waals surface area contributed by atoms with Crippen LogP contribution in [0.1, 0.15) is 19.8 Å². The average molecular weight is 299 g/mol. The van der Waals surface area contributed by atoms with E-state index in [1.54, 1.807) is 6.20 Å². The lowest BCUT2D eigenvalue weighted by molar-refractivity contribution is -0.122. The first kappa shape index (κ1) is 12.3. The summed E-state index contributed by atoms with van der Waals surface area (Å²) in [6.07, 6.45) is 5.03. The molecule has 1 saturated heterocycles. The molecule has 5 nitrogen and oxygen atoms in total. The SMILES string of the molecule is CC1CCC(C(N)=O)CN1c1ncncc1Br. The van der Waals surface area contributed by atoms with Crippen LogP contribution in [0.4, 0.5) is 5.82 Å². The van der Waals surface area contributed by atoms with E-state index in [0.29, 0.717) is 12.6 Å².